The highest BCUT2D eigenvalue weighted by Crippen LogP contribution is 2.25. The number of fused-ring (bicyclic) bond motifs is 1. The summed E-state index contributed by atoms with van der Waals surface area (Å²) in [6.45, 7) is 2.00. The van der Waals surface area contributed by atoms with Crippen LogP contribution in [0.5, 0.6) is 0 Å². The quantitative estimate of drug-likeness (QED) is 0.689. The van der Waals surface area contributed by atoms with Crippen LogP contribution in [0.1, 0.15) is 21.5 Å². The number of aromatic nitrogens is 1. The van der Waals surface area contributed by atoms with Crippen molar-refractivity contribution in [2.75, 3.05) is 0 Å². The summed E-state index contributed by atoms with van der Waals surface area (Å²) in [6, 6.07) is 13.0. The fourth-order valence-corrected chi connectivity index (χ4v) is 2.52. The van der Waals surface area contributed by atoms with Crippen LogP contribution in [-0.2, 0) is 0 Å². The first-order valence-corrected chi connectivity index (χ1v) is 6.41. The van der Waals surface area contributed by atoms with Crippen molar-refractivity contribution >= 4 is 28.3 Å². The highest BCUT2D eigenvalue weighted by molar-refractivity contribution is 6.31. The molecule has 0 atom stereocenters. The summed E-state index contributed by atoms with van der Waals surface area (Å²) in [4.78, 5) is 15.7. The van der Waals surface area contributed by atoms with Gasteiger partial charge in [-0.05, 0) is 30.7 Å². The molecule has 19 heavy (non-hydrogen) atoms. The first kappa shape index (κ1) is 12.0. The van der Waals surface area contributed by atoms with Gasteiger partial charge in [-0.1, -0.05) is 35.9 Å². The summed E-state index contributed by atoms with van der Waals surface area (Å²) in [7, 11) is 0. The van der Waals surface area contributed by atoms with Gasteiger partial charge in [0.1, 0.15) is 0 Å². The van der Waals surface area contributed by atoms with E-state index in [9.17, 15) is 4.79 Å². The molecule has 0 aliphatic rings. The zero-order chi connectivity index (χ0) is 13.4. The van der Waals surface area contributed by atoms with Crippen LogP contribution in [-0.4, -0.2) is 10.8 Å². The van der Waals surface area contributed by atoms with Gasteiger partial charge in [-0.3, -0.25) is 4.79 Å². The second-order valence-electron chi connectivity index (χ2n) is 4.54. The van der Waals surface area contributed by atoms with Crippen LogP contribution in [0.4, 0.5) is 0 Å². The van der Waals surface area contributed by atoms with Gasteiger partial charge in [-0.15, -0.1) is 0 Å². The van der Waals surface area contributed by atoms with E-state index in [2.05, 4.69) is 4.98 Å². The molecule has 0 amide bonds. The largest absolute Gasteiger partial charge is 0.360 e. The zero-order valence-electron chi connectivity index (χ0n) is 10.4. The molecule has 2 nitrogen and oxygen atoms in total. The molecule has 0 radical (unpaired) electrons. The highest BCUT2D eigenvalue weighted by atomic mass is 35.5. The first-order chi connectivity index (χ1) is 9.16. The summed E-state index contributed by atoms with van der Waals surface area (Å²) in [6.07, 6.45) is 1.76. The van der Waals surface area contributed by atoms with Gasteiger partial charge in [0.05, 0.1) is 0 Å². The Labute approximate surface area is 116 Å². The second-order valence-corrected chi connectivity index (χ2v) is 4.98. The Hall–Kier alpha value is -2.06. The monoisotopic (exact) mass is 269 g/mol. The Morgan fingerprint density at radius 1 is 1.16 bits per heavy atom. The van der Waals surface area contributed by atoms with E-state index in [0.29, 0.717) is 16.1 Å². The average molecular weight is 270 g/mol. The predicted octanol–water partition coefficient (Wildman–Crippen LogP) is 4.36. The van der Waals surface area contributed by atoms with Gasteiger partial charge in [0.25, 0.3) is 0 Å². The van der Waals surface area contributed by atoms with Crippen LogP contribution in [0.3, 0.4) is 0 Å². The van der Waals surface area contributed by atoms with Gasteiger partial charge >= 0.3 is 0 Å². The molecule has 0 saturated heterocycles. The minimum absolute atomic E-state index is 0.0111. The summed E-state index contributed by atoms with van der Waals surface area (Å²) >= 11 is 5.94. The SMILES string of the molecule is Cc1cccc2[nH]cc(C(=O)c3cccc(Cl)c3)c12. The number of rotatable bonds is 2. The molecule has 0 spiro atoms. The van der Waals surface area contributed by atoms with Crippen LogP contribution in [0.25, 0.3) is 10.9 Å². The number of ketones is 1. The first-order valence-electron chi connectivity index (χ1n) is 6.04. The normalized spacial score (nSPS) is 10.8. The number of carbonyl (C=O) groups excluding carboxylic acids is 1. The van der Waals surface area contributed by atoms with Crippen LogP contribution >= 0.6 is 11.6 Å². The van der Waals surface area contributed by atoms with Gasteiger partial charge in [0, 0.05) is 33.2 Å². The Bertz CT molecular complexity index is 773. The van der Waals surface area contributed by atoms with Crippen molar-refractivity contribution in [1.29, 1.82) is 0 Å². The van der Waals surface area contributed by atoms with E-state index in [4.69, 9.17) is 11.6 Å². The lowest BCUT2D eigenvalue weighted by atomic mass is 10.0. The van der Waals surface area contributed by atoms with Crippen molar-refractivity contribution in [3.05, 3.63) is 70.4 Å². The number of hydrogen-bond acceptors (Lipinski definition) is 1. The highest BCUT2D eigenvalue weighted by Gasteiger charge is 2.15. The van der Waals surface area contributed by atoms with Crippen molar-refractivity contribution in [1.82, 2.24) is 4.98 Å². The number of hydrogen-bond donors (Lipinski definition) is 1. The number of carbonyl (C=O) groups is 1. The van der Waals surface area contributed by atoms with Crippen molar-refractivity contribution in [3.8, 4) is 0 Å². The molecule has 3 aromatic rings. The topological polar surface area (TPSA) is 32.9 Å². The molecule has 1 N–H and O–H groups in total. The van der Waals surface area contributed by atoms with E-state index in [0.717, 1.165) is 16.5 Å². The minimum atomic E-state index is -0.0111. The minimum Gasteiger partial charge on any atom is -0.360 e. The summed E-state index contributed by atoms with van der Waals surface area (Å²) in [5.41, 5.74) is 3.36. The van der Waals surface area contributed by atoms with Crippen LogP contribution in [0.15, 0.2) is 48.7 Å². The van der Waals surface area contributed by atoms with Gasteiger partial charge in [-0.2, -0.15) is 0 Å². The molecule has 94 valence electrons. The van der Waals surface area contributed by atoms with E-state index in [1.165, 1.54) is 0 Å². The molecular weight excluding hydrogens is 258 g/mol. The van der Waals surface area contributed by atoms with E-state index in [1.807, 2.05) is 25.1 Å². The third-order valence-corrected chi connectivity index (χ3v) is 3.48. The van der Waals surface area contributed by atoms with E-state index in [1.54, 1.807) is 30.5 Å². The lowest BCUT2D eigenvalue weighted by Crippen LogP contribution is -2.00. The van der Waals surface area contributed by atoms with Gasteiger partial charge < -0.3 is 4.98 Å². The zero-order valence-corrected chi connectivity index (χ0v) is 11.2. The van der Waals surface area contributed by atoms with Gasteiger partial charge in [-0.25, -0.2) is 0 Å². The molecule has 0 saturated carbocycles. The fourth-order valence-electron chi connectivity index (χ4n) is 2.33. The van der Waals surface area contributed by atoms with Crippen molar-refractivity contribution in [3.63, 3.8) is 0 Å². The molecule has 0 aliphatic carbocycles. The number of benzene rings is 2. The molecule has 3 rings (SSSR count). The number of halogens is 1. The Balaban J connectivity index is 2.17. The lowest BCUT2D eigenvalue weighted by molar-refractivity contribution is 0.104. The van der Waals surface area contributed by atoms with Crippen molar-refractivity contribution in [2.24, 2.45) is 0 Å². The molecular formula is C16H12ClNO. The Morgan fingerprint density at radius 2 is 1.95 bits per heavy atom. The summed E-state index contributed by atoms with van der Waals surface area (Å²) in [5.74, 6) is -0.0111. The van der Waals surface area contributed by atoms with Gasteiger partial charge in [0.2, 0.25) is 0 Å². The number of H-pyrrole nitrogens is 1. The maximum absolute atomic E-state index is 12.5. The molecule has 1 heterocycles. The van der Waals surface area contributed by atoms with Crippen molar-refractivity contribution < 1.29 is 4.79 Å². The van der Waals surface area contributed by atoms with Crippen molar-refractivity contribution in [2.45, 2.75) is 6.92 Å². The Kier molecular flexibility index (Phi) is 2.88. The standard InChI is InChI=1S/C16H12ClNO/c1-10-4-2-7-14-15(10)13(9-18-14)16(19)11-5-3-6-12(17)8-11/h2-9,18H,1H3. The predicted molar refractivity (Wildman–Crippen MR) is 77.9 cm³/mol. The molecule has 0 unspecified atom stereocenters. The smallest absolute Gasteiger partial charge is 0.195 e. The number of aromatic amines is 1. The van der Waals surface area contributed by atoms with E-state index < -0.39 is 0 Å². The fraction of sp³-hybridized carbons (Fsp3) is 0.0625. The van der Waals surface area contributed by atoms with Gasteiger partial charge in [0.15, 0.2) is 5.78 Å². The molecule has 0 fully saturated rings. The molecule has 2 aromatic carbocycles. The third-order valence-electron chi connectivity index (χ3n) is 3.25. The maximum atomic E-state index is 12.5. The third kappa shape index (κ3) is 2.04. The average Bonchev–Trinajstić information content (AvgIpc) is 2.83. The van der Waals surface area contributed by atoms with Crippen LogP contribution < -0.4 is 0 Å². The van der Waals surface area contributed by atoms with E-state index in [-0.39, 0.29) is 5.78 Å². The van der Waals surface area contributed by atoms with E-state index >= 15 is 0 Å². The molecule has 1 aromatic heterocycles. The molecule has 3 heteroatoms. The lowest BCUT2D eigenvalue weighted by Gasteiger charge is -2.02. The second kappa shape index (κ2) is 4.56. The van der Waals surface area contributed by atoms with Crippen LogP contribution in [0, 0.1) is 6.92 Å². The maximum Gasteiger partial charge on any atom is 0.195 e. The number of nitrogens with one attached hydrogen (secondary N) is 1. The summed E-state index contributed by atoms with van der Waals surface area (Å²) in [5, 5.41) is 1.55. The molecule has 0 bridgehead atoms. The number of aryl methyl sites for hydroxylation is 1. The van der Waals surface area contributed by atoms with Crippen LogP contribution in [0.2, 0.25) is 5.02 Å². The Morgan fingerprint density at radius 3 is 2.74 bits per heavy atom. The summed E-state index contributed by atoms with van der Waals surface area (Å²) < 4.78 is 0. The molecule has 0 aliphatic heterocycles.